The molecule has 0 amide bonds. The molecule has 3 nitrogen and oxygen atoms in total. The van der Waals surface area contributed by atoms with E-state index >= 15 is 0 Å². The fourth-order valence-corrected chi connectivity index (χ4v) is 4.82. The molecule has 0 heterocycles. The summed E-state index contributed by atoms with van der Waals surface area (Å²) in [6.07, 6.45) is 7.31. The van der Waals surface area contributed by atoms with E-state index in [0.29, 0.717) is 6.10 Å². The van der Waals surface area contributed by atoms with E-state index in [1.807, 2.05) is 19.1 Å². The first-order chi connectivity index (χ1) is 9.96. The summed E-state index contributed by atoms with van der Waals surface area (Å²) >= 11 is 0. The van der Waals surface area contributed by atoms with Gasteiger partial charge in [0.15, 0.2) is 8.32 Å². The van der Waals surface area contributed by atoms with Gasteiger partial charge in [-0.25, -0.2) is 0 Å². The molecule has 0 bridgehead atoms. The molecule has 0 spiro atoms. The lowest BCUT2D eigenvalue weighted by Gasteiger charge is -2.44. The molecule has 0 radical (unpaired) electrons. The summed E-state index contributed by atoms with van der Waals surface area (Å²) in [5.41, 5.74) is 3.01. The highest BCUT2D eigenvalue weighted by molar-refractivity contribution is 6.74. The summed E-state index contributed by atoms with van der Waals surface area (Å²) in [5.74, 6) is 0. The van der Waals surface area contributed by atoms with Gasteiger partial charge in [0.2, 0.25) is 0 Å². The molecule has 0 aromatic rings. The zero-order valence-electron chi connectivity index (χ0n) is 15.8. The molecule has 0 aromatic carbocycles. The Hall–Kier alpha value is -0.613. The highest BCUT2D eigenvalue weighted by Gasteiger charge is 2.49. The second-order valence-corrected chi connectivity index (χ2v) is 13.7. The summed E-state index contributed by atoms with van der Waals surface area (Å²) in [4.78, 5) is 0. The maximum Gasteiger partial charge on any atom is 0.192 e. The molecule has 4 heteroatoms. The molecule has 0 aromatic heterocycles. The van der Waals surface area contributed by atoms with Crippen LogP contribution >= 0.6 is 0 Å². The van der Waals surface area contributed by atoms with E-state index in [9.17, 15) is 0 Å². The van der Waals surface area contributed by atoms with Gasteiger partial charge in [-0.3, -0.25) is 0 Å². The van der Waals surface area contributed by atoms with Gasteiger partial charge in [-0.2, -0.15) is 5.10 Å². The van der Waals surface area contributed by atoms with E-state index in [1.54, 1.807) is 5.57 Å². The highest BCUT2D eigenvalue weighted by Crippen LogP contribution is 2.52. The lowest BCUT2D eigenvalue weighted by Crippen LogP contribution is -2.47. The molecule has 1 fully saturated rings. The first-order valence-electron chi connectivity index (χ1n) is 8.59. The summed E-state index contributed by atoms with van der Waals surface area (Å²) in [6, 6.07) is 0. The summed E-state index contributed by atoms with van der Waals surface area (Å²) in [6.45, 7) is 14.2. The minimum Gasteiger partial charge on any atom is -0.413 e. The number of hydrogen-bond donors (Lipinski definition) is 0. The van der Waals surface area contributed by atoms with Crippen molar-refractivity contribution in [2.75, 3.05) is 14.1 Å². The van der Waals surface area contributed by atoms with E-state index in [4.69, 9.17) is 4.43 Å². The van der Waals surface area contributed by atoms with Crippen molar-refractivity contribution in [2.24, 2.45) is 10.5 Å². The Morgan fingerprint density at radius 1 is 1.27 bits per heavy atom. The Morgan fingerprint density at radius 2 is 1.91 bits per heavy atom. The molecular weight excluding hydrogens is 288 g/mol. The average molecular weight is 323 g/mol. The number of nitrogens with zero attached hydrogens (tertiary/aromatic N) is 2. The van der Waals surface area contributed by atoms with Gasteiger partial charge in [-0.1, -0.05) is 33.3 Å². The molecule has 126 valence electrons. The van der Waals surface area contributed by atoms with Crippen molar-refractivity contribution in [3.8, 4) is 0 Å². The van der Waals surface area contributed by atoms with Crippen molar-refractivity contribution in [3.05, 3.63) is 11.6 Å². The lowest BCUT2D eigenvalue weighted by molar-refractivity contribution is 0.0875. The van der Waals surface area contributed by atoms with Gasteiger partial charge in [0.05, 0.1) is 11.8 Å². The smallest absolute Gasteiger partial charge is 0.192 e. The van der Waals surface area contributed by atoms with Crippen LogP contribution in [-0.2, 0) is 4.43 Å². The second-order valence-electron chi connectivity index (χ2n) is 8.93. The van der Waals surface area contributed by atoms with E-state index in [1.165, 1.54) is 25.0 Å². The average Bonchev–Trinajstić information content (AvgIpc) is 2.64. The third-order valence-electron chi connectivity index (χ3n) is 5.93. The Morgan fingerprint density at radius 3 is 2.45 bits per heavy atom. The van der Waals surface area contributed by atoms with Gasteiger partial charge in [0.25, 0.3) is 0 Å². The lowest BCUT2D eigenvalue weighted by atomic mass is 9.74. The predicted octanol–water partition coefficient (Wildman–Crippen LogP) is 4.81. The number of hydrogen-bond acceptors (Lipinski definition) is 3. The van der Waals surface area contributed by atoms with Crippen LogP contribution < -0.4 is 0 Å². The van der Waals surface area contributed by atoms with E-state index in [2.05, 4.69) is 52.0 Å². The Kier molecular flexibility index (Phi) is 4.67. The Bertz CT molecular complexity index is 488. The van der Waals surface area contributed by atoms with Crippen molar-refractivity contribution in [1.82, 2.24) is 5.01 Å². The molecule has 22 heavy (non-hydrogen) atoms. The fourth-order valence-electron chi connectivity index (χ4n) is 3.37. The van der Waals surface area contributed by atoms with Crippen LogP contribution in [0.4, 0.5) is 0 Å². The van der Waals surface area contributed by atoms with Gasteiger partial charge in [-0.15, -0.1) is 0 Å². The van der Waals surface area contributed by atoms with E-state index in [-0.39, 0.29) is 10.5 Å². The number of allylic oxidation sites excluding steroid dienone is 1. The maximum absolute atomic E-state index is 6.80. The van der Waals surface area contributed by atoms with Crippen molar-refractivity contribution in [2.45, 2.75) is 77.6 Å². The second kappa shape index (κ2) is 5.79. The van der Waals surface area contributed by atoms with Crippen LogP contribution in [0.2, 0.25) is 18.1 Å². The van der Waals surface area contributed by atoms with E-state index < -0.39 is 8.32 Å². The topological polar surface area (TPSA) is 24.8 Å². The van der Waals surface area contributed by atoms with Crippen LogP contribution in [0.5, 0.6) is 0 Å². The van der Waals surface area contributed by atoms with Crippen molar-refractivity contribution >= 4 is 14.0 Å². The van der Waals surface area contributed by atoms with Crippen LogP contribution in [0.25, 0.3) is 0 Å². The van der Waals surface area contributed by atoms with Crippen LogP contribution in [0.1, 0.15) is 53.4 Å². The molecule has 2 atom stereocenters. The molecule has 2 aliphatic rings. The third kappa shape index (κ3) is 3.33. The molecule has 1 saturated carbocycles. The number of hydrazone groups is 1. The van der Waals surface area contributed by atoms with E-state index in [0.717, 1.165) is 6.42 Å². The standard InChI is InChI=1S/C18H34N2OSi/c1-17(2,3)22(7,8)21-16-10-9-14-13-15(19-20(5)6)11-12-18(14,16)4/h13,16H,9-12H2,1-8H3. The van der Waals surface area contributed by atoms with Crippen LogP contribution in [0.15, 0.2) is 16.8 Å². The predicted molar refractivity (Wildman–Crippen MR) is 97.9 cm³/mol. The monoisotopic (exact) mass is 322 g/mol. The van der Waals surface area contributed by atoms with Crippen molar-refractivity contribution < 1.29 is 4.43 Å². The quantitative estimate of drug-likeness (QED) is 0.550. The summed E-state index contributed by atoms with van der Waals surface area (Å²) < 4.78 is 6.80. The molecular formula is C18H34N2OSi. The van der Waals surface area contributed by atoms with Crippen LogP contribution in [0, 0.1) is 5.41 Å². The maximum atomic E-state index is 6.80. The van der Waals surface area contributed by atoms with Gasteiger partial charge >= 0.3 is 0 Å². The Labute approximate surface area is 137 Å². The van der Waals surface area contributed by atoms with Crippen molar-refractivity contribution in [1.29, 1.82) is 0 Å². The zero-order valence-corrected chi connectivity index (χ0v) is 16.8. The number of fused-ring (bicyclic) bond motifs is 1. The largest absolute Gasteiger partial charge is 0.413 e. The fraction of sp³-hybridized carbons (Fsp3) is 0.833. The van der Waals surface area contributed by atoms with Crippen LogP contribution in [0.3, 0.4) is 0 Å². The first-order valence-corrected chi connectivity index (χ1v) is 11.5. The summed E-state index contributed by atoms with van der Waals surface area (Å²) in [5, 5.41) is 6.80. The third-order valence-corrected chi connectivity index (χ3v) is 10.4. The minimum absolute atomic E-state index is 0.223. The van der Waals surface area contributed by atoms with Gasteiger partial charge in [0, 0.05) is 19.5 Å². The first kappa shape index (κ1) is 17.7. The van der Waals surface area contributed by atoms with Gasteiger partial charge in [0.1, 0.15) is 0 Å². The molecule has 0 N–H and O–H groups in total. The highest BCUT2D eigenvalue weighted by atomic mass is 28.4. The van der Waals surface area contributed by atoms with Crippen molar-refractivity contribution in [3.63, 3.8) is 0 Å². The molecule has 2 unspecified atom stereocenters. The van der Waals surface area contributed by atoms with Crippen LogP contribution in [-0.4, -0.2) is 39.2 Å². The molecule has 0 saturated heterocycles. The van der Waals surface area contributed by atoms with Gasteiger partial charge < -0.3 is 9.43 Å². The zero-order chi connectivity index (χ0) is 16.8. The molecule has 2 aliphatic carbocycles. The normalized spacial score (nSPS) is 31.2. The SMILES string of the molecule is CN(C)N=C1C=C2CCC(O[Si](C)(C)C(C)(C)C)C2(C)CC1. The molecule has 2 rings (SSSR count). The molecule has 0 aliphatic heterocycles. The minimum atomic E-state index is -1.70. The number of rotatable bonds is 3. The summed E-state index contributed by atoms with van der Waals surface area (Å²) in [7, 11) is 2.29. The van der Waals surface area contributed by atoms with Gasteiger partial charge in [-0.05, 0) is 49.9 Å². The Balaban J connectivity index is 2.20.